The van der Waals surface area contributed by atoms with E-state index >= 15 is 26.3 Å². The first-order valence-electron chi connectivity index (χ1n) is 20.8. The van der Waals surface area contributed by atoms with Gasteiger partial charge in [0.05, 0.1) is 68.4 Å². The fourth-order valence-corrected chi connectivity index (χ4v) is 7.88. The monoisotopic (exact) mass is 1110 g/mol. The number of hydrogen-bond donors (Lipinski definition) is 0. The van der Waals surface area contributed by atoms with Crippen molar-refractivity contribution in [3.05, 3.63) is 176 Å². The fourth-order valence-electron chi connectivity index (χ4n) is 7.88. The molecule has 4 aromatic carbocycles. The van der Waals surface area contributed by atoms with Crippen LogP contribution in [0.3, 0.4) is 0 Å². The van der Waals surface area contributed by atoms with E-state index in [0.717, 1.165) is 93.3 Å². The molecule has 0 saturated heterocycles. The zero-order valence-electron chi connectivity index (χ0n) is 39.1. The second kappa shape index (κ2) is 25.2. The second-order valence-corrected chi connectivity index (χ2v) is 19.7. The molecule has 368 valence electrons. The first-order valence-corrected chi connectivity index (χ1v) is 26.9. The molecular weight excluding hydrogens is 1060 g/mol. The normalized spacial score (nSPS) is 12.9. The van der Waals surface area contributed by atoms with E-state index in [2.05, 4.69) is 34.3 Å². The van der Waals surface area contributed by atoms with Crippen LogP contribution < -0.4 is 0 Å². The van der Waals surface area contributed by atoms with Crippen LogP contribution in [0.4, 0.5) is 49.1 Å². The van der Waals surface area contributed by atoms with E-state index in [0.29, 0.717) is 45.6 Å². The Morgan fingerprint density at radius 2 is 0.667 bits per heavy atom. The Bertz CT molecular complexity index is 2620. The molecule has 6 aromatic rings. The molecule has 2 heterocycles. The number of pyridine rings is 2. The van der Waals surface area contributed by atoms with E-state index in [1.54, 1.807) is 50.2 Å². The summed E-state index contributed by atoms with van der Waals surface area (Å²) in [6, 6.07) is 26.7. The maximum absolute atomic E-state index is 15.1. The molecule has 6 rings (SSSR count). The number of alkyl halides is 6. The molecule has 0 fully saturated rings. The Hall–Kier alpha value is -4.36. The number of aliphatic imine (C=N–C) groups is 4. The molecule has 0 radical (unpaired) electrons. The summed E-state index contributed by atoms with van der Waals surface area (Å²) in [7, 11) is 19.1. The third kappa shape index (κ3) is 14.4. The molecule has 69 heavy (non-hydrogen) atoms. The van der Waals surface area contributed by atoms with Crippen molar-refractivity contribution in [1.82, 2.24) is 9.97 Å². The Balaban J connectivity index is 0.00000164. The summed E-state index contributed by atoms with van der Waals surface area (Å²) < 4.78 is 90.6. The molecule has 18 heteroatoms. The van der Waals surface area contributed by atoms with Gasteiger partial charge in [-0.15, -0.1) is 0 Å². The Morgan fingerprint density at radius 3 is 0.913 bits per heavy atom. The SMILES string of the molecule is CC(=Nc1ccc(C(c2ccc(N=C(C)c3cccc(C(C)=Nc4c(C)cc(C)cc4C)n3)cc2)(C(F)(F)F)C(F)(F)F)cc1)c1cccc(C(C)=Nc2c(C)cc(C)cc2C)n1.[Cl][Fe][Cl].[Cl][Fe][Cl]. The summed E-state index contributed by atoms with van der Waals surface area (Å²) in [6.07, 6.45) is -11.5. The zero-order chi connectivity index (χ0) is 51.4. The number of aryl methyl sites for hydroxylation is 6. The first kappa shape index (κ1) is 57.2. The molecule has 0 aliphatic heterocycles. The molecule has 0 saturated carbocycles. The van der Waals surface area contributed by atoms with Gasteiger partial charge in [0.25, 0.3) is 0 Å². The van der Waals surface area contributed by atoms with Gasteiger partial charge in [0.15, 0.2) is 0 Å². The van der Waals surface area contributed by atoms with Gasteiger partial charge in [-0.3, -0.25) is 20.0 Å². The third-order valence-electron chi connectivity index (χ3n) is 10.9. The number of hydrogen-bond acceptors (Lipinski definition) is 6. The van der Waals surface area contributed by atoms with Crippen LogP contribution in [0.2, 0.25) is 0 Å². The van der Waals surface area contributed by atoms with Crippen molar-refractivity contribution < 1.29 is 52.6 Å². The molecule has 0 aliphatic rings. The van der Waals surface area contributed by atoms with E-state index in [1.165, 1.54) is 0 Å². The molecule has 0 aliphatic carbocycles. The number of aromatic nitrogens is 2. The Morgan fingerprint density at radius 1 is 0.420 bits per heavy atom. The van der Waals surface area contributed by atoms with Gasteiger partial charge < -0.3 is 0 Å². The van der Waals surface area contributed by atoms with Gasteiger partial charge in [0, 0.05) is 0 Å². The second-order valence-electron chi connectivity index (χ2n) is 16.0. The summed E-state index contributed by atoms with van der Waals surface area (Å²) in [5, 5.41) is 0. The minimum atomic E-state index is -5.77. The summed E-state index contributed by atoms with van der Waals surface area (Å²) in [6.45, 7) is 19.0. The predicted molar refractivity (Wildman–Crippen MR) is 266 cm³/mol. The standard InChI is InChI=1S/C51H48F6N6.4ClH.2Fe/c1-29-25-31(3)47(32(4)26-29)60-37(9)45-15-11-13-43(62-45)35(7)58-41-21-17-39(18-22-41)49(50(52,53)54,51(55,56)57)40-19-23-42(24-20-40)59-36(8)44-14-12-16-46(63-44)38(10)61-48-33(5)27-30(2)28-34(48)6;;;;;;/h11-28H,1-10H3;4*1H;;/q;;;;;2*+2/p-4. The minimum absolute atomic E-state index is 0.151. The van der Waals surface area contributed by atoms with Gasteiger partial charge >= 0.3 is 79.0 Å². The van der Waals surface area contributed by atoms with Crippen molar-refractivity contribution >= 4 is 86.0 Å². The number of nitrogens with zero attached hydrogens (tertiary/aromatic N) is 6. The van der Waals surface area contributed by atoms with E-state index in [1.807, 2.05) is 55.4 Å². The summed E-state index contributed by atoms with van der Waals surface area (Å²) in [4.78, 5) is 28.1. The van der Waals surface area contributed by atoms with Gasteiger partial charge in [-0.25, -0.2) is 9.97 Å². The first-order chi connectivity index (χ1) is 32.4. The van der Waals surface area contributed by atoms with E-state index in [4.69, 9.17) is 60.3 Å². The van der Waals surface area contributed by atoms with Crippen LogP contribution in [0.5, 0.6) is 0 Å². The van der Waals surface area contributed by atoms with Crippen LogP contribution >= 0.6 is 40.4 Å². The van der Waals surface area contributed by atoms with Gasteiger partial charge in [-0.1, -0.05) is 71.8 Å². The Labute approximate surface area is 429 Å². The molecule has 0 spiro atoms. The predicted octanol–water partition coefficient (Wildman–Crippen LogP) is 17.1. The average Bonchev–Trinajstić information content (AvgIpc) is 3.27. The molecule has 0 atom stereocenters. The topological polar surface area (TPSA) is 75.2 Å². The van der Waals surface area contributed by atoms with Crippen LogP contribution in [-0.4, -0.2) is 45.2 Å². The number of halogens is 10. The van der Waals surface area contributed by atoms with Crippen molar-refractivity contribution in [1.29, 1.82) is 0 Å². The van der Waals surface area contributed by atoms with E-state index < -0.39 is 28.9 Å². The summed E-state index contributed by atoms with van der Waals surface area (Å²) >= 11 is 0.389. The van der Waals surface area contributed by atoms with Crippen molar-refractivity contribution in [2.24, 2.45) is 20.0 Å². The van der Waals surface area contributed by atoms with E-state index in [9.17, 15) is 0 Å². The molecule has 0 amide bonds. The van der Waals surface area contributed by atoms with Crippen LogP contribution in [0.25, 0.3) is 0 Å². The molecule has 2 aromatic heterocycles. The maximum atomic E-state index is 15.1. The van der Waals surface area contributed by atoms with Crippen LogP contribution in [0.15, 0.2) is 129 Å². The van der Waals surface area contributed by atoms with Gasteiger partial charge in [0.1, 0.15) is 0 Å². The summed E-state index contributed by atoms with van der Waals surface area (Å²) in [5.74, 6) is 0. The Kier molecular flexibility index (Phi) is 20.9. The fraction of sp³-hybridized carbons (Fsp3) is 0.255. The van der Waals surface area contributed by atoms with Crippen molar-refractivity contribution in [3.8, 4) is 0 Å². The average molecular weight is 1110 g/mol. The van der Waals surface area contributed by atoms with Crippen molar-refractivity contribution in [2.75, 3.05) is 0 Å². The number of rotatable bonds is 10. The zero-order valence-corrected chi connectivity index (χ0v) is 44.3. The van der Waals surface area contributed by atoms with Gasteiger partial charge in [-0.05, 0) is 151 Å². The van der Waals surface area contributed by atoms with E-state index in [-0.39, 0.29) is 37.6 Å². The number of benzene rings is 4. The van der Waals surface area contributed by atoms with Crippen molar-refractivity contribution in [3.63, 3.8) is 0 Å². The molecule has 0 N–H and O–H groups in total. The molecule has 0 bridgehead atoms. The molecule has 6 nitrogen and oxygen atoms in total. The summed E-state index contributed by atoms with van der Waals surface area (Å²) in [5.41, 5.74) is 6.26. The van der Waals surface area contributed by atoms with Crippen LogP contribution in [0, 0.1) is 41.5 Å². The van der Waals surface area contributed by atoms with Gasteiger partial charge in [-0.2, -0.15) is 26.3 Å². The van der Waals surface area contributed by atoms with Crippen molar-refractivity contribution in [2.45, 2.75) is 87.0 Å². The van der Waals surface area contributed by atoms with Gasteiger partial charge in [0.2, 0.25) is 5.41 Å². The molecular formula is C51H48Cl4F6Fe2N6. The quantitative estimate of drug-likeness (QED) is 0.0779. The molecule has 0 unspecified atom stereocenters. The third-order valence-corrected chi connectivity index (χ3v) is 10.9. The van der Waals surface area contributed by atoms with Crippen LogP contribution in [0.1, 0.15) is 95.0 Å². The van der Waals surface area contributed by atoms with Crippen LogP contribution in [-0.2, 0) is 31.7 Å².